The summed E-state index contributed by atoms with van der Waals surface area (Å²) in [6.07, 6.45) is -1.00. The fourth-order valence-corrected chi connectivity index (χ4v) is 3.31. The van der Waals surface area contributed by atoms with Gasteiger partial charge in [-0.1, -0.05) is 18.2 Å². The number of hydrogen-bond acceptors (Lipinski definition) is 6. The molecule has 0 aliphatic carbocycles. The predicted octanol–water partition coefficient (Wildman–Crippen LogP) is 3.01. The van der Waals surface area contributed by atoms with E-state index in [1.54, 1.807) is 6.92 Å². The highest BCUT2D eigenvalue weighted by Gasteiger charge is 2.26. The number of hydrogen-bond donors (Lipinski definition) is 1. The van der Waals surface area contributed by atoms with Crippen LogP contribution in [0.15, 0.2) is 24.3 Å². The van der Waals surface area contributed by atoms with Gasteiger partial charge in [-0.05, 0) is 33.8 Å². The van der Waals surface area contributed by atoms with Crippen LogP contribution in [-0.4, -0.2) is 37.5 Å². The number of para-hydroxylation sites is 1. The number of ketones is 1. The van der Waals surface area contributed by atoms with Crippen LogP contribution in [0.25, 0.3) is 10.9 Å². The standard InChI is InChI=1S/C19H20N4O5/c1-10-17(14-7-5-6-8-15(14)20-10)19(25)13(4)28-16(24)9-22-12(3)18(23(26)27)11(2)21-22/h5-8,13,20H,9H2,1-4H3/t13-/m1/s1. The van der Waals surface area contributed by atoms with Crippen LogP contribution in [0.3, 0.4) is 0 Å². The van der Waals surface area contributed by atoms with Gasteiger partial charge in [0.1, 0.15) is 17.9 Å². The lowest BCUT2D eigenvalue weighted by Crippen LogP contribution is -2.27. The molecule has 3 aromatic rings. The maximum Gasteiger partial charge on any atom is 0.328 e. The molecule has 9 nitrogen and oxygen atoms in total. The second kappa shape index (κ2) is 7.26. The van der Waals surface area contributed by atoms with Crippen molar-refractivity contribution >= 4 is 28.3 Å². The molecule has 1 N–H and O–H groups in total. The monoisotopic (exact) mass is 384 g/mol. The van der Waals surface area contributed by atoms with Gasteiger partial charge in [0.15, 0.2) is 6.10 Å². The zero-order valence-corrected chi connectivity index (χ0v) is 16.0. The van der Waals surface area contributed by atoms with Gasteiger partial charge in [0.05, 0.1) is 4.92 Å². The fourth-order valence-electron chi connectivity index (χ4n) is 3.31. The summed E-state index contributed by atoms with van der Waals surface area (Å²) in [4.78, 5) is 38.8. The van der Waals surface area contributed by atoms with Gasteiger partial charge in [-0.15, -0.1) is 0 Å². The molecule has 2 aromatic heterocycles. The number of aromatic nitrogens is 3. The lowest BCUT2D eigenvalue weighted by molar-refractivity contribution is -0.386. The van der Waals surface area contributed by atoms with Gasteiger partial charge in [-0.2, -0.15) is 5.10 Å². The maximum absolute atomic E-state index is 12.8. The van der Waals surface area contributed by atoms with Gasteiger partial charge >= 0.3 is 11.7 Å². The Morgan fingerprint density at radius 2 is 1.96 bits per heavy atom. The Balaban J connectivity index is 1.76. The van der Waals surface area contributed by atoms with Crippen molar-refractivity contribution in [2.45, 2.75) is 40.3 Å². The molecule has 146 valence electrons. The minimum atomic E-state index is -1.00. The van der Waals surface area contributed by atoms with Crippen molar-refractivity contribution in [3.63, 3.8) is 0 Å². The molecule has 2 heterocycles. The molecule has 0 unspecified atom stereocenters. The number of rotatable bonds is 6. The highest BCUT2D eigenvalue weighted by molar-refractivity contribution is 6.11. The molecule has 0 saturated heterocycles. The lowest BCUT2D eigenvalue weighted by atomic mass is 10.0. The summed E-state index contributed by atoms with van der Waals surface area (Å²) in [6, 6.07) is 7.39. The Bertz CT molecular complexity index is 1100. The number of aromatic amines is 1. The highest BCUT2D eigenvalue weighted by Crippen LogP contribution is 2.24. The van der Waals surface area contributed by atoms with E-state index in [1.807, 2.05) is 24.3 Å². The van der Waals surface area contributed by atoms with E-state index >= 15 is 0 Å². The molecule has 3 rings (SSSR count). The number of esters is 1. The first-order chi connectivity index (χ1) is 13.2. The summed E-state index contributed by atoms with van der Waals surface area (Å²) in [5, 5.41) is 15.8. The summed E-state index contributed by atoms with van der Waals surface area (Å²) >= 11 is 0. The Kier molecular flexibility index (Phi) is 5.00. The summed E-state index contributed by atoms with van der Waals surface area (Å²) in [7, 11) is 0. The minimum Gasteiger partial charge on any atom is -0.453 e. The molecule has 0 spiro atoms. The van der Waals surface area contributed by atoms with Crippen LogP contribution < -0.4 is 0 Å². The summed E-state index contributed by atoms with van der Waals surface area (Å²) in [6.45, 7) is 5.99. The molecule has 9 heteroatoms. The van der Waals surface area contributed by atoms with Crippen LogP contribution in [0.2, 0.25) is 0 Å². The van der Waals surface area contributed by atoms with Crippen molar-refractivity contribution in [3.8, 4) is 0 Å². The second-order valence-electron chi connectivity index (χ2n) is 6.60. The third-order valence-electron chi connectivity index (χ3n) is 4.62. The number of carbonyl (C=O) groups is 2. The molecule has 28 heavy (non-hydrogen) atoms. The van der Waals surface area contributed by atoms with Gasteiger partial charge in [-0.3, -0.25) is 24.4 Å². The van der Waals surface area contributed by atoms with E-state index < -0.39 is 17.0 Å². The number of H-pyrrole nitrogens is 1. The van der Waals surface area contributed by atoms with Crippen molar-refractivity contribution in [2.75, 3.05) is 0 Å². The van der Waals surface area contributed by atoms with Crippen molar-refractivity contribution < 1.29 is 19.2 Å². The average Bonchev–Trinajstić information content (AvgIpc) is 3.09. The molecule has 0 aliphatic rings. The third kappa shape index (κ3) is 3.38. The first-order valence-electron chi connectivity index (χ1n) is 8.70. The Morgan fingerprint density at radius 1 is 1.29 bits per heavy atom. The Labute approximate surface area is 160 Å². The van der Waals surface area contributed by atoms with Crippen LogP contribution in [0, 0.1) is 30.9 Å². The number of nitrogens with one attached hydrogen (secondary N) is 1. The molecular weight excluding hydrogens is 364 g/mol. The van der Waals surface area contributed by atoms with Crippen LogP contribution >= 0.6 is 0 Å². The number of ether oxygens (including phenoxy) is 1. The summed E-state index contributed by atoms with van der Waals surface area (Å²) < 4.78 is 6.49. The minimum absolute atomic E-state index is 0.133. The van der Waals surface area contributed by atoms with Gasteiger partial charge < -0.3 is 9.72 Å². The zero-order chi connectivity index (χ0) is 20.6. The van der Waals surface area contributed by atoms with Gasteiger partial charge in [0.2, 0.25) is 5.78 Å². The van der Waals surface area contributed by atoms with E-state index in [4.69, 9.17) is 4.74 Å². The number of aryl methyl sites for hydroxylation is 2. The number of benzene rings is 1. The fraction of sp³-hybridized carbons (Fsp3) is 0.316. The number of carbonyl (C=O) groups excluding carboxylic acids is 2. The van der Waals surface area contributed by atoms with E-state index in [1.165, 1.54) is 25.5 Å². The molecule has 0 aliphatic heterocycles. The number of fused-ring (bicyclic) bond motifs is 1. The molecular formula is C19H20N4O5. The van der Waals surface area contributed by atoms with Gasteiger partial charge in [0.25, 0.3) is 0 Å². The lowest BCUT2D eigenvalue weighted by Gasteiger charge is -2.13. The molecule has 1 atom stereocenters. The SMILES string of the molecule is Cc1nn(CC(=O)O[C@H](C)C(=O)c2c(C)[nH]c3ccccc23)c(C)c1[N+](=O)[O-]. The van der Waals surface area contributed by atoms with Crippen LogP contribution in [0.1, 0.15) is 34.4 Å². The van der Waals surface area contributed by atoms with Crippen LogP contribution in [0.5, 0.6) is 0 Å². The molecule has 0 fully saturated rings. The first kappa shape index (κ1) is 19.3. The van der Waals surface area contributed by atoms with E-state index in [0.717, 1.165) is 10.9 Å². The maximum atomic E-state index is 12.8. The Morgan fingerprint density at radius 3 is 2.61 bits per heavy atom. The molecule has 0 amide bonds. The largest absolute Gasteiger partial charge is 0.453 e. The first-order valence-corrected chi connectivity index (χ1v) is 8.70. The normalized spacial score (nSPS) is 12.1. The van der Waals surface area contributed by atoms with Crippen molar-refractivity contribution in [1.82, 2.24) is 14.8 Å². The van der Waals surface area contributed by atoms with E-state index in [0.29, 0.717) is 11.3 Å². The summed E-state index contributed by atoms with van der Waals surface area (Å²) in [5.41, 5.74) is 2.35. The van der Waals surface area contributed by atoms with Crippen molar-refractivity contribution in [3.05, 3.63) is 57.0 Å². The van der Waals surface area contributed by atoms with Crippen molar-refractivity contribution in [1.29, 1.82) is 0 Å². The van der Waals surface area contributed by atoms with E-state index in [9.17, 15) is 19.7 Å². The van der Waals surface area contributed by atoms with Crippen molar-refractivity contribution in [2.24, 2.45) is 0 Å². The molecule has 0 saturated carbocycles. The average molecular weight is 384 g/mol. The molecule has 0 bridgehead atoms. The Hall–Kier alpha value is -3.49. The summed E-state index contributed by atoms with van der Waals surface area (Å²) in [5.74, 6) is -1.01. The second-order valence-corrected chi connectivity index (χ2v) is 6.60. The van der Waals surface area contributed by atoms with E-state index in [2.05, 4.69) is 10.1 Å². The highest BCUT2D eigenvalue weighted by atomic mass is 16.6. The number of nitro groups is 1. The molecule has 0 radical (unpaired) electrons. The smallest absolute Gasteiger partial charge is 0.328 e. The predicted molar refractivity (Wildman–Crippen MR) is 101 cm³/mol. The quantitative estimate of drug-likeness (QED) is 0.302. The van der Waals surface area contributed by atoms with Gasteiger partial charge in [-0.25, -0.2) is 0 Å². The van der Waals surface area contributed by atoms with Crippen LogP contribution in [-0.2, 0) is 16.1 Å². The molecule has 1 aromatic carbocycles. The van der Waals surface area contributed by atoms with Crippen LogP contribution in [0.4, 0.5) is 5.69 Å². The third-order valence-corrected chi connectivity index (χ3v) is 4.62. The zero-order valence-electron chi connectivity index (χ0n) is 16.0. The van der Waals surface area contributed by atoms with Gasteiger partial charge in [0, 0.05) is 22.2 Å². The number of nitrogens with zero attached hydrogens (tertiary/aromatic N) is 3. The number of Topliss-reactive ketones (excluding diaryl/α,β-unsaturated/α-hetero) is 1. The van der Waals surface area contributed by atoms with E-state index in [-0.39, 0.29) is 29.4 Å². The topological polar surface area (TPSA) is 120 Å².